The molecule has 1 aromatic rings. The average molecular weight is 260 g/mol. The highest BCUT2D eigenvalue weighted by atomic mass is 79.9. The maximum Gasteiger partial charge on any atom is 0.335 e. The van der Waals surface area contributed by atoms with E-state index in [0.717, 1.165) is 0 Å². The molecule has 1 aromatic carbocycles. The largest absolute Gasteiger partial charge is 0.478 e. The molecule has 0 saturated heterocycles. The van der Waals surface area contributed by atoms with Crippen LogP contribution in [-0.2, 0) is 0 Å². The van der Waals surface area contributed by atoms with E-state index in [1.54, 1.807) is 0 Å². The number of carbonyl (C=O) groups is 1. The van der Waals surface area contributed by atoms with E-state index in [0.29, 0.717) is 4.47 Å². The third-order valence-corrected chi connectivity index (χ3v) is 2.78. The van der Waals surface area contributed by atoms with Crippen molar-refractivity contribution >= 4 is 33.5 Å². The predicted molar refractivity (Wildman–Crippen MR) is 50.8 cm³/mol. The van der Waals surface area contributed by atoms with Crippen molar-refractivity contribution in [1.29, 1.82) is 5.26 Å². The summed E-state index contributed by atoms with van der Waals surface area (Å²) >= 11 is 8.76. The van der Waals surface area contributed by atoms with E-state index in [2.05, 4.69) is 15.9 Å². The first-order valence-electron chi connectivity index (χ1n) is 3.18. The first-order valence-corrected chi connectivity index (χ1v) is 4.35. The molecule has 0 bridgehead atoms. The van der Waals surface area contributed by atoms with Gasteiger partial charge in [0.2, 0.25) is 0 Å². The summed E-state index contributed by atoms with van der Waals surface area (Å²) in [4.78, 5) is 10.5. The summed E-state index contributed by atoms with van der Waals surface area (Å²) in [6.45, 7) is 0. The number of halogens is 2. The second-order valence-electron chi connectivity index (χ2n) is 2.24. The van der Waals surface area contributed by atoms with Crippen LogP contribution >= 0.6 is 27.5 Å². The van der Waals surface area contributed by atoms with E-state index in [9.17, 15) is 4.79 Å². The first kappa shape index (κ1) is 10.0. The molecule has 0 atom stereocenters. The van der Waals surface area contributed by atoms with Gasteiger partial charge in [0.05, 0.1) is 20.6 Å². The van der Waals surface area contributed by atoms with Gasteiger partial charge in [-0.2, -0.15) is 5.26 Å². The Morgan fingerprint density at radius 1 is 1.62 bits per heavy atom. The molecule has 0 saturated carbocycles. The Balaban J connectivity index is 3.41. The summed E-state index contributed by atoms with van der Waals surface area (Å²) in [6.07, 6.45) is 0. The van der Waals surface area contributed by atoms with Gasteiger partial charge in [0.1, 0.15) is 6.07 Å². The monoisotopic (exact) mass is 259 g/mol. The van der Waals surface area contributed by atoms with Crippen molar-refractivity contribution in [3.63, 3.8) is 0 Å². The van der Waals surface area contributed by atoms with Gasteiger partial charge in [-0.25, -0.2) is 4.79 Å². The molecular weight excluding hydrogens is 257 g/mol. The molecule has 0 amide bonds. The molecule has 0 heterocycles. The first-order chi connectivity index (χ1) is 6.06. The Labute approximate surface area is 87.7 Å². The molecule has 0 aliphatic heterocycles. The summed E-state index contributed by atoms with van der Waals surface area (Å²) < 4.78 is 0.418. The van der Waals surface area contributed by atoms with Crippen LogP contribution in [0.1, 0.15) is 15.9 Å². The van der Waals surface area contributed by atoms with Crippen molar-refractivity contribution in [2.45, 2.75) is 0 Å². The summed E-state index contributed by atoms with van der Waals surface area (Å²) in [6, 6.07) is 4.39. The molecule has 0 radical (unpaired) electrons. The molecule has 0 fully saturated rings. The number of hydrogen-bond donors (Lipinski definition) is 1. The maximum atomic E-state index is 10.5. The minimum absolute atomic E-state index is 0.00440. The van der Waals surface area contributed by atoms with Crippen LogP contribution < -0.4 is 0 Å². The van der Waals surface area contributed by atoms with E-state index in [-0.39, 0.29) is 16.1 Å². The molecule has 13 heavy (non-hydrogen) atoms. The fourth-order valence-electron chi connectivity index (χ4n) is 0.794. The highest BCUT2D eigenvalue weighted by molar-refractivity contribution is 9.10. The van der Waals surface area contributed by atoms with Gasteiger partial charge in [0, 0.05) is 0 Å². The molecule has 0 spiro atoms. The lowest BCUT2D eigenvalue weighted by Crippen LogP contribution is -1.97. The average Bonchev–Trinajstić information content (AvgIpc) is 2.09. The van der Waals surface area contributed by atoms with E-state index in [1.165, 1.54) is 12.1 Å². The molecule has 0 aliphatic carbocycles. The minimum Gasteiger partial charge on any atom is -0.478 e. The van der Waals surface area contributed by atoms with Crippen molar-refractivity contribution in [2.75, 3.05) is 0 Å². The Kier molecular flexibility index (Phi) is 2.91. The zero-order valence-electron chi connectivity index (χ0n) is 6.21. The number of rotatable bonds is 1. The van der Waals surface area contributed by atoms with Crippen molar-refractivity contribution in [3.8, 4) is 6.07 Å². The molecule has 1 N–H and O–H groups in total. The summed E-state index contributed by atoms with van der Waals surface area (Å²) in [5.74, 6) is -1.11. The third-order valence-electron chi connectivity index (χ3n) is 1.40. The smallest absolute Gasteiger partial charge is 0.335 e. The third kappa shape index (κ3) is 2.00. The number of hydrogen-bond acceptors (Lipinski definition) is 2. The molecule has 0 unspecified atom stereocenters. The zero-order chi connectivity index (χ0) is 10.0. The van der Waals surface area contributed by atoms with E-state index in [4.69, 9.17) is 22.0 Å². The molecule has 5 heteroatoms. The second-order valence-corrected chi connectivity index (χ2v) is 3.44. The van der Waals surface area contributed by atoms with Gasteiger partial charge < -0.3 is 5.11 Å². The predicted octanol–water partition coefficient (Wildman–Crippen LogP) is 2.67. The van der Waals surface area contributed by atoms with E-state index in [1.807, 2.05) is 6.07 Å². The van der Waals surface area contributed by atoms with Gasteiger partial charge >= 0.3 is 5.97 Å². The lowest BCUT2D eigenvalue weighted by molar-refractivity contribution is 0.0697. The Morgan fingerprint density at radius 2 is 2.23 bits per heavy atom. The summed E-state index contributed by atoms with van der Waals surface area (Å²) in [5, 5.41) is 17.5. The highest BCUT2D eigenvalue weighted by Crippen LogP contribution is 2.27. The van der Waals surface area contributed by atoms with Crippen LogP contribution in [0.3, 0.4) is 0 Å². The number of benzene rings is 1. The summed E-state index contributed by atoms with van der Waals surface area (Å²) in [5.41, 5.74) is 0.217. The number of aromatic carboxylic acids is 1. The second kappa shape index (κ2) is 3.77. The van der Waals surface area contributed by atoms with Crippen LogP contribution in [-0.4, -0.2) is 11.1 Å². The van der Waals surface area contributed by atoms with Gasteiger partial charge in [-0.05, 0) is 28.1 Å². The maximum absolute atomic E-state index is 10.5. The van der Waals surface area contributed by atoms with Gasteiger partial charge in [-0.3, -0.25) is 0 Å². The molecule has 1 rings (SSSR count). The van der Waals surface area contributed by atoms with Crippen LogP contribution in [0, 0.1) is 11.3 Å². The minimum atomic E-state index is -1.11. The van der Waals surface area contributed by atoms with Gasteiger partial charge in [0.15, 0.2) is 0 Å². The molecular formula is C8H3BrClNO2. The van der Waals surface area contributed by atoms with Crippen LogP contribution in [0.2, 0.25) is 5.02 Å². The van der Waals surface area contributed by atoms with Crippen molar-refractivity contribution in [1.82, 2.24) is 0 Å². The fourth-order valence-corrected chi connectivity index (χ4v) is 1.33. The Morgan fingerprint density at radius 3 is 2.69 bits per heavy atom. The van der Waals surface area contributed by atoms with Crippen molar-refractivity contribution in [3.05, 3.63) is 32.8 Å². The fraction of sp³-hybridized carbons (Fsp3) is 0. The standard InChI is InChI=1S/C8H3BrClNO2/c9-7-5(3-11)1-4(8(12)13)2-6(7)10/h1-2H,(H,12,13). The van der Waals surface area contributed by atoms with Crippen LogP contribution in [0.15, 0.2) is 16.6 Å². The lowest BCUT2D eigenvalue weighted by Gasteiger charge is -2.00. The topological polar surface area (TPSA) is 61.1 Å². The normalized spacial score (nSPS) is 9.31. The van der Waals surface area contributed by atoms with Gasteiger partial charge in [0.25, 0.3) is 0 Å². The Hall–Kier alpha value is -1.05. The quantitative estimate of drug-likeness (QED) is 0.844. The van der Waals surface area contributed by atoms with Crippen LogP contribution in [0.25, 0.3) is 0 Å². The van der Waals surface area contributed by atoms with E-state index >= 15 is 0 Å². The van der Waals surface area contributed by atoms with Crippen molar-refractivity contribution in [2.24, 2.45) is 0 Å². The van der Waals surface area contributed by atoms with Gasteiger partial charge in [-0.1, -0.05) is 11.6 Å². The Bertz CT molecular complexity index is 411. The van der Waals surface area contributed by atoms with E-state index < -0.39 is 5.97 Å². The molecule has 0 aliphatic rings. The zero-order valence-corrected chi connectivity index (χ0v) is 8.56. The van der Waals surface area contributed by atoms with Crippen LogP contribution in [0.4, 0.5) is 0 Å². The van der Waals surface area contributed by atoms with Gasteiger partial charge in [-0.15, -0.1) is 0 Å². The molecule has 66 valence electrons. The molecule has 3 nitrogen and oxygen atoms in total. The molecule has 0 aromatic heterocycles. The highest BCUT2D eigenvalue weighted by Gasteiger charge is 2.10. The number of nitrogens with zero attached hydrogens (tertiary/aromatic N) is 1. The van der Waals surface area contributed by atoms with Crippen LogP contribution in [0.5, 0.6) is 0 Å². The SMILES string of the molecule is N#Cc1cc(C(=O)O)cc(Cl)c1Br. The summed E-state index contributed by atoms with van der Waals surface area (Å²) in [7, 11) is 0. The number of carboxylic acids is 1. The lowest BCUT2D eigenvalue weighted by atomic mass is 10.1. The number of carboxylic acid groups (broad SMARTS) is 1. The number of nitriles is 1. The van der Waals surface area contributed by atoms with Crippen molar-refractivity contribution < 1.29 is 9.90 Å².